The molecule has 7 nitrogen and oxygen atoms in total. The average molecular weight is 356 g/mol. The quantitative estimate of drug-likeness (QED) is 0.511. The molecular weight excluding hydrogens is 344 g/mol. The number of aromatic nitrogens is 1. The molecule has 1 aromatic heterocycles. The van der Waals surface area contributed by atoms with E-state index < -0.39 is 14.8 Å². The first-order valence-electron chi connectivity index (χ1n) is 7.15. The zero-order chi connectivity index (χ0) is 17.9. The van der Waals surface area contributed by atoms with Crippen molar-refractivity contribution in [2.45, 2.75) is 9.79 Å². The standard InChI is InChI=1S/C17H12N2O5S/c20-19(21)13-6-11-17(18-12-13)24-14-7-9-16(10-8-14)25(22,23)15-4-2-1-3-5-15/h1-12H. The molecule has 0 aliphatic rings. The lowest BCUT2D eigenvalue weighted by Gasteiger charge is -2.07. The first-order valence-corrected chi connectivity index (χ1v) is 8.63. The van der Waals surface area contributed by atoms with Crippen LogP contribution in [0.1, 0.15) is 0 Å². The Morgan fingerprint density at radius 3 is 2.08 bits per heavy atom. The van der Waals surface area contributed by atoms with E-state index in [0.29, 0.717) is 5.75 Å². The zero-order valence-corrected chi connectivity index (χ0v) is 13.6. The molecule has 2 aromatic carbocycles. The Hall–Kier alpha value is -3.26. The maximum absolute atomic E-state index is 12.5. The largest absolute Gasteiger partial charge is 0.439 e. The molecule has 0 atom stereocenters. The highest BCUT2D eigenvalue weighted by Crippen LogP contribution is 2.25. The highest BCUT2D eigenvalue weighted by molar-refractivity contribution is 7.91. The number of hydrogen-bond donors (Lipinski definition) is 0. The SMILES string of the molecule is O=[N+]([O-])c1ccc(Oc2ccc(S(=O)(=O)c3ccccc3)cc2)nc1. The number of nitrogens with zero attached hydrogens (tertiary/aromatic N) is 2. The van der Waals surface area contributed by atoms with Crippen LogP contribution in [0, 0.1) is 10.1 Å². The van der Waals surface area contributed by atoms with E-state index in [4.69, 9.17) is 4.74 Å². The van der Waals surface area contributed by atoms with E-state index in [1.54, 1.807) is 18.2 Å². The average Bonchev–Trinajstić information content (AvgIpc) is 2.63. The Balaban J connectivity index is 1.79. The van der Waals surface area contributed by atoms with Gasteiger partial charge in [-0.15, -0.1) is 0 Å². The highest BCUT2D eigenvalue weighted by Gasteiger charge is 2.17. The van der Waals surface area contributed by atoms with Crippen LogP contribution >= 0.6 is 0 Å². The van der Waals surface area contributed by atoms with Gasteiger partial charge in [0.05, 0.1) is 14.7 Å². The first kappa shape index (κ1) is 16.6. The predicted octanol–water partition coefficient (Wildman–Crippen LogP) is 3.61. The van der Waals surface area contributed by atoms with Gasteiger partial charge in [-0.3, -0.25) is 10.1 Å². The number of rotatable bonds is 5. The van der Waals surface area contributed by atoms with E-state index in [9.17, 15) is 18.5 Å². The summed E-state index contributed by atoms with van der Waals surface area (Å²) < 4.78 is 30.4. The van der Waals surface area contributed by atoms with Gasteiger partial charge in [-0.05, 0) is 36.4 Å². The van der Waals surface area contributed by atoms with Gasteiger partial charge in [0.15, 0.2) is 0 Å². The molecule has 3 aromatic rings. The number of pyridine rings is 1. The van der Waals surface area contributed by atoms with Gasteiger partial charge < -0.3 is 4.74 Å². The Kier molecular flexibility index (Phi) is 4.44. The molecule has 1 heterocycles. The molecule has 0 aliphatic carbocycles. The Labute approximate surface area is 143 Å². The van der Waals surface area contributed by atoms with Gasteiger partial charge in [0, 0.05) is 12.1 Å². The minimum Gasteiger partial charge on any atom is -0.439 e. The molecule has 0 N–H and O–H groups in total. The van der Waals surface area contributed by atoms with E-state index in [0.717, 1.165) is 6.20 Å². The molecule has 25 heavy (non-hydrogen) atoms. The molecule has 0 unspecified atom stereocenters. The second-order valence-corrected chi connectivity index (χ2v) is 6.95. The van der Waals surface area contributed by atoms with Crippen LogP contribution in [0.25, 0.3) is 0 Å². The van der Waals surface area contributed by atoms with Gasteiger partial charge in [-0.1, -0.05) is 18.2 Å². The first-order chi connectivity index (χ1) is 12.0. The van der Waals surface area contributed by atoms with Crippen LogP contribution in [0.2, 0.25) is 0 Å². The summed E-state index contributed by atoms with van der Waals surface area (Å²) in [6.45, 7) is 0. The van der Waals surface area contributed by atoms with Crippen molar-refractivity contribution in [1.29, 1.82) is 0 Å². The third-order valence-electron chi connectivity index (χ3n) is 3.34. The summed E-state index contributed by atoms with van der Waals surface area (Å²) in [5.74, 6) is 0.539. The van der Waals surface area contributed by atoms with Crippen molar-refractivity contribution < 1.29 is 18.1 Å². The Bertz CT molecular complexity index is 985. The van der Waals surface area contributed by atoms with Gasteiger partial charge in [-0.2, -0.15) is 0 Å². The number of hydrogen-bond acceptors (Lipinski definition) is 6. The van der Waals surface area contributed by atoms with Crippen molar-refractivity contribution in [3.8, 4) is 11.6 Å². The third kappa shape index (κ3) is 3.64. The number of benzene rings is 2. The lowest BCUT2D eigenvalue weighted by atomic mass is 10.3. The maximum Gasteiger partial charge on any atom is 0.287 e. The van der Waals surface area contributed by atoms with Crippen molar-refractivity contribution in [2.75, 3.05) is 0 Å². The molecule has 3 rings (SSSR count). The monoisotopic (exact) mass is 356 g/mol. The molecule has 0 saturated heterocycles. The molecule has 0 aliphatic heterocycles. The second-order valence-electron chi connectivity index (χ2n) is 5.00. The van der Waals surface area contributed by atoms with Gasteiger partial charge in [-0.25, -0.2) is 13.4 Å². The van der Waals surface area contributed by atoms with Crippen molar-refractivity contribution in [2.24, 2.45) is 0 Å². The van der Waals surface area contributed by atoms with Crippen LogP contribution in [-0.2, 0) is 9.84 Å². The number of nitro groups is 1. The van der Waals surface area contributed by atoms with Gasteiger partial charge in [0.1, 0.15) is 11.9 Å². The third-order valence-corrected chi connectivity index (χ3v) is 5.13. The summed E-state index contributed by atoms with van der Waals surface area (Å²) >= 11 is 0. The van der Waals surface area contributed by atoms with Crippen LogP contribution in [0.4, 0.5) is 5.69 Å². The zero-order valence-electron chi connectivity index (χ0n) is 12.8. The molecule has 0 saturated carbocycles. The fraction of sp³-hybridized carbons (Fsp3) is 0. The molecule has 0 bridgehead atoms. The summed E-state index contributed by atoms with van der Waals surface area (Å²) in [7, 11) is -3.59. The number of ether oxygens (including phenoxy) is 1. The Morgan fingerprint density at radius 1 is 0.880 bits per heavy atom. The molecule has 126 valence electrons. The van der Waals surface area contributed by atoms with Crippen LogP contribution in [0.15, 0.2) is 82.7 Å². The van der Waals surface area contributed by atoms with E-state index in [2.05, 4.69) is 4.98 Å². The van der Waals surface area contributed by atoms with Gasteiger partial charge >= 0.3 is 0 Å². The summed E-state index contributed by atoms with van der Waals surface area (Å²) in [6, 6.07) is 16.6. The van der Waals surface area contributed by atoms with Gasteiger partial charge in [0.2, 0.25) is 15.7 Å². The molecule has 8 heteroatoms. The number of sulfone groups is 1. The van der Waals surface area contributed by atoms with E-state index >= 15 is 0 Å². The summed E-state index contributed by atoms with van der Waals surface area (Å²) in [5, 5.41) is 10.6. The minimum atomic E-state index is -3.59. The molecule has 0 spiro atoms. The van der Waals surface area contributed by atoms with Crippen LogP contribution in [0.3, 0.4) is 0 Å². The van der Waals surface area contributed by atoms with Crippen LogP contribution in [-0.4, -0.2) is 18.3 Å². The summed E-state index contributed by atoms with van der Waals surface area (Å²) in [5.41, 5.74) is -0.142. The topological polar surface area (TPSA) is 99.4 Å². The van der Waals surface area contributed by atoms with E-state index in [-0.39, 0.29) is 21.4 Å². The lowest BCUT2D eigenvalue weighted by molar-refractivity contribution is -0.385. The normalized spacial score (nSPS) is 11.0. The maximum atomic E-state index is 12.5. The van der Waals surface area contributed by atoms with E-state index in [1.165, 1.54) is 48.5 Å². The highest BCUT2D eigenvalue weighted by atomic mass is 32.2. The van der Waals surface area contributed by atoms with Gasteiger partial charge in [0.25, 0.3) is 5.69 Å². The van der Waals surface area contributed by atoms with Crippen molar-refractivity contribution in [3.05, 3.63) is 83.0 Å². The lowest BCUT2D eigenvalue weighted by Crippen LogP contribution is -2.01. The second kappa shape index (κ2) is 6.70. The molecule has 0 fully saturated rings. The minimum absolute atomic E-state index is 0.141. The summed E-state index contributed by atoms with van der Waals surface area (Å²) in [4.78, 5) is 14.2. The molecular formula is C17H12N2O5S. The van der Waals surface area contributed by atoms with Crippen molar-refractivity contribution >= 4 is 15.5 Å². The Morgan fingerprint density at radius 2 is 1.52 bits per heavy atom. The molecule has 0 radical (unpaired) electrons. The smallest absolute Gasteiger partial charge is 0.287 e. The van der Waals surface area contributed by atoms with Crippen molar-refractivity contribution in [3.63, 3.8) is 0 Å². The fourth-order valence-corrected chi connectivity index (χ4v) is 3.37. The summed E-state index contributed by atoms with van der Waals surface area (Å²) in [6.07, 6.45) is 1.09. The van der Waals surface area contributed by atoms with Crippen molar-refractivity contribution in [1.82, 2.24) is 4.98 Å². The molecule has 0 amide bonds. The van der Waals surface area contributed by atoms with Crippen LogP contribution in [0.5, 0.6) is 11.6 Å². The van der Waals surface area contributed by atoms with E-state index in [1.807, 2.05) is 0 Å². The fourth-order valence-electron chi connectivity index (χ4n) is 2.08. The van der Waals surface area contributed by atoms with Crippen LogP contribution < -0.4 is 4.74 Å². The predicted molar refractivity (Wildman–Crippen MR) is 89.3 cm³/mol.